The number of ether oxygens (including phenoxy) is 2. The number of alkyl halides is 2. The van der Waals surface area contributed by atoms with Gasteiger partial charge in [0.15, 0.2) is 11.5 Å². The van der Waals surface area contributed by atoms with Crippen molar-refractivity contribution in [1.82, 2.24) is 24.5 Å². The lowest BCUT2D eigenvalue weighted by atomic mass is 9.85. The summed E-state index contributed by atoms with van der Waals surface area (Å²) in [5.41, 5.74) is -0.264. The minimum atomic E-state index is -3.11. The van der Waals surface area contributed by atoms with Crippen LogP contribution in [0.25, 0.3) is 0 Å². The monoisotopic (exact) mass is 594 g/mol. The second-order valence-corrected chi connectivity index (χ2v) is 10.7. The number of hydrogen-bond acceptors (Lipinski definition) is 7. The van der Waals surface area contributed by atoms with Crippen LogP contribution in [0.2, 0.25) is 5.02 Å². The predicted octanol–water partition coefficient (Wildman–Crippen LogP) is 4.30. The molecule has 2 aromatic heterocycles. The quantitative estimate of drug-likeness (QED) is 0.318. The summed E-state index contributed by atoms with van der Waals surface area (Å²) >= 11 is 5.98. The van der Waals surface area contributed by atoms with Gasteiger partial charge < -0.3 is 24.8 Å². The molecule has 14 heteroatoms. The number of nitrogens with zero attached hydrogens (tertiary/aromatic N) is 5. The van der Waals surface area contributed by atoms with Gasteiger partial charge in [-0.3, -0.25) is 19.0 Å². The average Bonchev–Trinajstić information content (AvgIpc) is 3.60. The molecule has 4 rings (SSSR count). The van der Waals surface area contributed by atoms with E-state index in [1.807, 2.05) is 24.8 Å². The van der Waals surface area contributed by atoms with Gasteiger partial charge >= 0.3 is 12.6 Å². The molecule has 3 heterocycles. The second-order valence-electron chi connectivity index (χ2n) is 10.3. The summed E-state index contributed by atoms with van der Waals surface area (Å²) in [6, 6.07) is 5.94. The number of carboxylic acid groups (broad SMARTS) is 1. The molecule has 1 atom stereocenters. The highest BCUT2D eigenvalue weighted by Gasteiger charge is 2.46. The van der Waals surface area contributed by atoms with E-state index < -0.39 is 29.9 Å². The Labute approximate surface area is 241 Å². The molecule has 222 valence electrons. The zero-order chi connectivity index (χ0) is 29.7. The van der Waals surface area contributed by atoms with Crippen molar-refractivity contribution in [2.75, 3.05) is 32.1 Å². The van der Waals surface area contributed by atoms with Gasteiger partial charge in [0.05, 0.1) is 37.7 Å². The van der Waals surface area contributed by atoms with E-state index >= 15 is 0 Å². The van der Waals surface area contributed by atoms with E-state index in [1.54, 1.807) is 17.1 Å². The first kappa shape index (κ1) is 30.3. The number of nitrogens with one attached hydrogen (secondary N) is 1. The van der Waals surface area contributed by atoms with Crippen LogP contribution in [-0.4, -0.2) is 74.8 Å². The number of halogens is 3. The van der Waals surface area contributed by atoms with Gasteiger partial charge in [-0.05, 0) is 37.0 Å². The molecule has 1 fully saturated rings. The van der Waals surface area contributed by atoms with Crippen molar-refractivity contribution in [3.8, 4) is 11.5 Å². The fourth-order valence-corrected chi connectivity index (χ4v) is 5.24. The number of aliphatic carboxylic acids is 1. The third-order valence-corrected chi connectivity index (χ3v) is 7.50. The van der Waals surface area contributed by atoms with Gasteiger partial charge in [0, 0.05) is 42.6 Å². The normalized spacial score (nSPS) is 16.1. The Hall–Kier alpha value is -3.71. The lowest BCUT2D eigenvalue weighted by Gasteiger charge is -2.42. The van der Waals surface area contributed by atoms with Gasteiger partial charge in [0.25, 0.3) is 5.91 Å². The molecule has 2 N–H and O–H groups in total. The van der Waals surface area contributed by atoms with Crippen LogP contribution >= 0.6 is 11.6 Å². The molecule has 1 aliphatic heterocycles. The fourth-order valence-electron chi connectivity index (χ4n) is 5.08. The summed E-state index contributed by atoms with van der Waals surface area (Å²) in [5, 5.41) is 21.5. The number of methoxy groups -OCH3 is 1. The Bertz CT molecular complexity index is 1360. The smallest absolute Gasteiger partial charge is 0.387 e. The van der Waals surface area contributed by atoms with E-state index in [0.717, 1.165) is 5.69 Å². The number of likely N-dealkylation sites (tertiary alicyclic amines) is 1. The van der Waals surface area contributed by atoms with Crippen LogP contribution in [0.5, 0.6) is 11.5 Å². The van der Waals surface area contributed by atoms with Crippen LogP contribution in [0.15, 0.2) is 42.9 Å². The number of aromatic nitrogens is 4. The van der Waals surface area contributed by atoms with Crippen molar-refractivity contribution < 1.29 is 33.0 Å². The molecule has 0 unspecified atom stereocenters. The Morgan fingerprint density at radius 2 is 1.90 bits per heavy atom. The molecule has 0 aliphatic carbocycles. The number of piperidine rings is 1. The standard InChI is InChI=1S/C27H33ClF2N6O5/c1-17(2)22-6-9-31-36(22)27(25(39)33-21-5-4-19(28)12-23(21)41-26(29)30)7-10-34(11-8-27)14-18(24(37)38)15-35-16-20(40-3)13-32-35/h4-6,9,12-13,16-18,26H,7-8,10-11,14-15H2,1-3H3,(H,33,39)(H,37,38)/t18-/m1/s1. The summed E-state index contributed by atoms with van der Waals surface area (Å²) in [7, 11) is 1.51. The second kappa shape index (κ2) is 12.9. The van der Waals surface area contributed by atoms with E-state index in [1.165, 1.54) is 36.2 Å². The highest BCUT2D eigenvalue weighted by molar-refractivity contribution is 6.30. The van der Waals surface area contributed by atoms with Gasteiger partial charge in [-0.1, -0.05) is 25.4 Å². The summed E-state index contributed by atoms with van der Waals surface area (Å²) in [6.45, 7) is 2.07. The number of benzene rings is 1. The lowest BCUT2D eigenvalue weighted by Crippen LogP contribution is -2.55. The molecule has 1 saturated heterocycles. The van der Waals surface area contributed by atoms with Gasteiger partial charge in [0.1, 0.15) is 5.54 Å². The highest BCUT2D eigenvalue weighted by Crippen LogP contribution is 2.37. The maximum absolute atomic E-state index is 14.0. The number of hydrogen-bond donors (Lipinski definition) is 2. The molecule has 0 spiro atoms. The van der Waals surface area contributed by atoms with E-state index in [4.69, 9.17) is 16.3 Å². The van der Waals surface area contributed by atoms with E-state index in [2.05, 4.69) is 20.3 Å². The van der Waals surface area contributed by atoms with Crippen LogP contribution in [0.4, 0.5) is 14.5 Å². The molecule has 0 radical (unpaired) electrons. The highest BCUT2D eigenvalue weighted by atomic mass is 35.5. The number of carboxylic acids is 1. The Kier molecular flexibility index (Phi) is 9.49. The predicted molar refractivity (Wildman–Crippen MR) is 147 cm³/mol. The van der Waals surface area contributed by atoms with Crippen molar-refractivity contribution in [3.63, 3.8) is 0 Å². The molecule has 41 heavy (non-hydrogen) atoms. The van der Waals surface area contributed by atoms with Crippen LogP contribution in [-0.2, 0) is 21.7 Å². The average molecular weight is 595 g/mol. The van der Waals surface area contributed by atoms with Crippen LogP contribution < -0.4 is 14.8 Å². The van der Waals surface area contributed by atoms with E-state index in [-0.39, 0.29) is 35.5 Å². The zero-order valence-corrected chi connectivity index (χ0v) is 23.7. The van der Waals surface area contributed by atoms with E-state index in [0.29, 0.717) is 31.7 Å². The summed E-state index contributed by atoms with van der Waals surface area (Å²) in [4.78, 5) is 28.1. The maximum atomic E-state index is 14.0. The molecular formula is C27H33ClF2N6O5. The molecule has 1 aliphatic rings. The first-order valence-electron chi connectivity index (χ1n) is 13.1. The van der Waals surface area contributed by atoms with Crippen LogP contribution in [0.3, 0.4) is 0 Å². The maximum Gasteiger partial charge on any atom is 0.387 e. The van der Waals surface area contributed by atoms with Crippen molar-refractivity contribution in [2.45, 2.75) is 51.3 Å². The topological polar surface area (TPSA) is 124 Å². The number of amides is 1. The van der Waals surface area contributed by atoms with Crippen molar-refractivity contribution in [2.24, 2.45) is 5.92 Å². The Balaban J connectivity index is 1.57. The summed E-state index contributed by atoms with van der Waals surface area (Å²) in [6.07, 6.45) is 5.39. The largest absolute Gasteiger partial charge is 0.493 e. The summed E-state index contributed by atoms with van der Waals surface area (Å²) < 4.78 is 39.1. The van der Waals surface area contributed by atoms with Gasteiger partial charge in [-0.25, -0.2) is 0 Å². The van der Waals surface area contributed by atoms with Crippen molar-refractivity contribution in [3.05, 3.63) is 53.6 Å². The van der Waals surface area contributed by atoms with E-state index in [9.17, 15) is 23.5 Å². The number of anilines is 1. The number of carbonyl (C=O) groups excluding carboxylic acids is 1. The molecule has 0 saturated carbocycles. The van der Waals surface area contributed by atoms with Gasteiger partial charge in [-0.2, -0.15) is 19.0 Å². The minimum absolute atomic E-state index is 0.0518. The van der Waals surface area contributed by atoms with Gasteiger partial charge in [-0.15, -0.1) is 0 Å². The van der Waals surface area contributed by atoms with Crippen molar-refractivity contribution >= 4 is 29.2 Å². The molecule has 3 aromatic rings. The SMILES string of the molecule is COc1cnn(C[C@@H](CN2CCC(C(=O)Nc3ccc(Cl)cc3OC(F)F)(n3nccc3C(C)C)CC2)C(=O)O)c1. The van der Waals surface area contributed by atoms with Crippen LogP contribution in [0.1, 0.15) is 38.3 Å². The fraction of sp³-hybridized carbons (Fsp3) is 0.481. The molecular weight excluding hydrogens is 562 g/mol. The Morgan fingerprint density at radius 1 is 1.17 bits per heavy atom. The third kappa shape index (κ3) is 6.96. The lowest BCUT2D eigenvalue weighted by molar-refractivity contribution is -0.143. The first-order chi connectivity index (χ1) is 19.5. The van der Waals surface area contributed by atoms with Crippen LogP contribution in [0, 0.1) is 5.92 Å². The Morgan fingerprint density at radius 3 is 2.51 bits per heavy atom. The molecule has 1 amide bonds. The minimum Gasteiger partial charge on any atom is -0.493 e. The summed E-state index contributed by atoms with van der Waals surface area (Å²) in [5.74, 6) is -1.82. The van der Waals surface area contributed by atoms with Crippen molar-refractivity contribution in [1.29, 1.82) is 0 Å². The number of rotatable bonds is 12. The number of carbonyl (C=O) groups is 2. The third-order valence-electron chi connectivity index (χ3n) is 7.26. The molecule has 0 bridgehead atoms. The molecule has 1 aromatic carbocycles. The zero-order valence-electron chi connectivity index (χ0n) is 23.0. The molecule has 11 nitrogen and oxygen atoms in total. The van der Waals surface area contributed by atoms with Gasteiger partial charge in [0.2, 0.25) is 0 Å². The first-order valence-corrected chi connectivity index (χ1v) is 13.5.